The topological polar surface area (TPSA) is 95.2 Å². The summed E-state index contributed by atoms with van der Waals surface area (Å²) in [5.41, 5.74) is 0. The van der Waals surface area contributed by atoms with Crippen molar-refractivity contribution >= 4 is 27.1 Å². The zero-order chi connectivity index (χ0) is 9.24. The molecule has 0 amide bonds. The zero-order valence-corrected chi connectivity index (χ0v) is 7.40. The summed E-state index contributed by atoms with van der Waals surface area (Å²) in [4.78, 5) is 0. The van der Waals surface area contributed by atoms with Gasteiger partial charge in [-0.2, -0.15) is 0 Å². The van der Waals surface area contributed by atoms with E-state index >= 15 is 0 Å². The van der Waals surface area contributed by atoms with E-state index in [0.717, 1.165) is 23.2 Å². The van der Waals surface area contributed by atoms with Gasteiger partial charge in [0.15, 0.2) is 0 Å². The second kappa shape index (κ2) is 1.76. The Kier molecular flexibility index (Phi) is 1.60. The molecule has 0 spiro atoms. The van der Waals surface area contributed by atoms with E-state index in [9.17, 15) is 0 Å². The molecule has 0 rings (SSSR count). The average Bonchev–Trinajstić information content (AvgIpc) is 2.07. The van der Waals surface area contributed by atoms with Crippen LogP contribution in [0.2, 0.25) is 0 Å². The van der Waals surface area contributed by atoms with Crippen LogP contribution in [0.4, 0.5) is 0 Å². The van der Waals surface area contributed by atoms with Gasteiger partial charge < -0.3 is 0 Å². The van der Waals surface area contributed by atoms with Crippen molar-refractivity contribution in [3.8, 4) is 23.2 Å². The number of nitriles is 4. The Hall–Kier alpha value is -1.03. The quantitative estimate of drug-likeness (QED) is 0.568. The Morgan fingerprint density at radius 3 is 0.909 bits per heavy atom. The molecule has 0 aliphatic heterocycles. The predicted molar refractivity (Wildman–Crippen MR) is 41.1 cm³/mol. The third-order valence-corrected chi connectivity index (χ3v) is 4.52. The van der Waals surface area contributed by atoms with E-state index in [0.29, 0.717) is 0 Å². The first-order valence-corrected chi connectivity index (χ1v) is 6.62. The van der Waals surface area contributed by atoms with Gasteiger partial charge in [0.2, 0.25) is 0 Å². The van der Waals surface area contributed by atoms with E-state index in [2.05, 4.69) is 0 Å². The maximum absolute atomic E-state index is 8.37. The first-order valence-electron chi connectivity index (χ1n) is 2.13. The normalized spacial score (nSPS) is 15.5. The molecule has 0 aliphatic rings. The summed E-state index contributed by atoms with van der Waals surface area (Å²) in [5, 5.41) is 33.5. The van der Waals surface area contributed by atoms with Crippen LogP contribution in [0.3, 0.4) is 0 Å². The van der Waals surface area contributed by atoms with E-state index < -0.39 is 4.65 Å². The summed E-state index contributed by atoms with van der Waals surface area (Å²) in [6.07, 6.45) is 0. The van der Waals surface area contributed by atoms with Crippen LogP contribution in [0.5, 0.6) is 0 Å². The molecule has 0 N–H and O–H groups in total. The molecule has 0 aromatic heterocycles. The van der Waals surface area contributed by atoms with Gasteiger partial charge in [-0.1, -0.05) is 0 Å². The van der Waals surface area contributed by atoms with Crippen molar-refractivity contribution in [3.05, 3.63) is 0 Å². The van der Waals surface area contributed by atoms with Crippen LogP contribution in [0.15, 0.2) is 0 Å². The number of nitrogens with zero attached hydrogens (tertiary/aromatic N) is 4. The van der Waals surface area contributed by atoms with Crippen molar-refractivity contribution < 1.29 is 0 Å². The minimum absolute atomic E-state index is 1.10. The Labute approximate surface area is 71.8 Å². The first-order chi connectivity index (χ1) is 4.80. The summed E-state index contributed by atoms with van der Waals surface area (Å²) in [5.74, 6) is 4.41. The average molecular weight is 206 g/mol. The van der Waals surface area contributed by atoms with Gasteiger partial charge in [-0.05, 0) is 0 Å². The number of halogens is 2. The van der Waals surface area contributed by atoms with Gasteiger partial charge in [-0.3, -0.25) is 0 Å². The van der Waals surface area contributed by atoms with E-state index in [-0.39, 0.29) is 0 Å². The Morgan fingerprint density at radius 1 is 0.727 bits per heavy atom. The summed E-state index contributed by atoms with van der Waals surface area (Å²) in [6, 6.07) is 0. The van der Waals surface area contributed by atoms with Gasteiger partial charge in [0, 0.05) is 0 Å². The molecule has 0 bridgehead atoms. The molecule has 0 heterocycles. The molecule has 4 nitrogen and oxygen atoms in total. The molecular formula is C4Cl2N4P-. The molecule has 0 aromatic rings. The van der Waals surface area contributed by atoms with Gasteiger partial charge in [0.1, 0.15) is 0 Å². The van der Waals surface area contributed by atoms with Crippen LogP contribution in [0.1, 0.15) is 0 Å². The fourth-order valence-electron chi connectivity index (χ4n) is 0.134. The van der Waals surface area contributed by atoms with Gasteiger partial charge in [-0.25, -0.2) is 0 Å². The van der Waals surface area contributed by atoms with Crippen molar-refractivity contribution in [2.75, 3.05) is 0 Å². The van der Waals surface area contributed by atoms with Crippen LogP contribution in [-0.4, -0.2) is 0 Å². The zero-order valence-electron chi connectivity index (χ0n) is 4.99. The molecule has 0 aliphatic carbocycles. The van der Waals surface area contributed by atoms with Crippen molar-refractivity contribution in [2.24, 2.45) is 0 Å². The Bertz CT molecular complexity index is 307. The molecule has 11 heavy (non-hydrogen) atoms. The van der Waals surface area contributed by atoms with Gasteiger partial charge in [-0.15, -0.1) is 0 Å². The maximum atomic E-state index is 8.37. The monoisotopic (exact) mass is 205 g/mol. The van der Waals surface area contributed by atoms with E-state index in [4.69, 9.17) is 43.5 Å². The molecule has 0 fully saturated rings. The van der Waals surface area contributed by atoms with Crippen LogP contribution in [-0.2, 0) is 0 Å². The summed E-state index contributed by atoms with van der Waals surface area (Å²) in [6.45, 7) is 0. The Balaban J connectivity index is 6.12. The van der Waals surface area contributed by atoms with Crippen LogP contribution in [0.25, 0.3) is 0 Å². The number of hydrogen-bond acceptors (Lipinski definition) is 4. The summed E-state index contributed by atoms with van der Waals surface area (Å²) in [7, 11) is 0. The SMILES string of the molecule is N#C[P-](Cl)(Cl)(C#N)(C#N)C#N. The fourth-order valence-corrected chi connectivity index (χ4v) is 0.402. The van der Waals surface area contributed by atoms with E-state index in [1.165, 1.54) is 0 Å². The number of rotatable bonds is 0. The van der Waals surface area contributed by atoms with Crippen LogP contribution in [0, 0.1) is 44.3 Å². The van der Waals surface area contributed by atoms with Gasteiger partial charge in [0.25, 0.3) is 0 Å². The van der Waals surface area contributed by atoms with Crippen molar-refractivity contribution in [1.29, 1.82) is 21.0 Å². The van der Waals surface area contributed by atoms with Crippen molar-refractivity contribution in [3.63, 3.8) is 0 Å². The molecule has 0 saturated carbocycles. The molecular weight excluding hydrogens is 206 g/mol. The first kappa shape index (κ1) is 9.97. The Morgan fingerprint density at radius 2 is 0.909 bits per heavy atom. The van der Waals surface area contributed by atoms with Crippen LogP contribution >= 0.6 is 27.1 Å². The summed E-state index contributed by atoms with van der Waals surface area (Å²) < 4.78 is -5.64. The van der Waals surface area contributed by atoms with E-state index in [1.807, 2.05) is 0 Å². The molecule has 7 heteroatoms. The minimum atomic E-state index is -5.64. The fraction of sp³-hybridized carbons (Fsp3) is 0. The van der Waals surface area contributed by atoms with Gasteiger partial charge in [0.05, 0.1) is 0 Å². The van der Waals surface area contributed by atoms with Crippen LogP contribution < -0.4 is 0 Å². The third-order valence-electron chi connectivity index (χ3n) is 0.902. The molecule has 0 saturated heterocycles. The molecule has 56 valence electrons. The second-order valence-corrected chi connectivity index (χ2v) is 11.0. The van der Waals surface area contributed by atoms with Crippen molar-refractivity contribution in [1.82, 2.24) is 0 Å². The molecule has 0 atom stereocenters. The third kappa shape index (κ3) is 1.21. The van der Waals surface area contributed by atoms with Crippen molar-refractivity contribution in [2.45, 2.75) is 0 Å². The summed E-state index contributed by atoms with van der Waals surface area (Å²) >= 11 is 10.5. The van der Waals surface area contributed by atoms with Gasteiger partial charge >= 0.3 is 71.4 Å². The standard InChI is InChI=1S/C4Cl2N4P/c5-11(6,1-7,2-8,3-9)4-10/q-1. The molecule has 0 radical (unpaired) electrons. The second-order valence-electron chi connectivity index (χ2n) is 1.81. The molecule has 0 unspecified atom stereocenters. The predicted octanol–water partition coefficient (Wildman–Crippen LogP) is 2.31. The molecule has 0 aromatic carbocycles. The number of hydrogen-bond donors (Lipinski definition) is 0. The van der Waals surface area contributed by atoms with E-state index in [1.54, 1.807) is 0 Å².